The topological polar surface area (TPSA) is 109 Å². The Balaban J connectivity index is 1.44. The van der Waals surface area contributed by atoms with E-state index < -0.39 is 5.91 Å². The van der Waals surface area contributed by atoms with E-state index in [2.05, 4.69) is 58.9 Å². The van der Waals surface area contributed by atoms with Crippen molar-refractivity contribution in [3.8, 4) is 0 Å². The molecule has 0 atom stereocenters. The van der Waals surface area contributed by atoms with E-state index in [9.17, 15) is 9.59 Å². The molecule has 1 aliphatic heterocycles. The number of nitrogens with two attached hydrogens (primary N) is 1. The van der Waals surface area contributed by atoms with Gasteiger partial charge in [-0.3, -0.25) is 9.69 Å². The van der Waals surface area contributed by atoms with E-state index in [1.807, 2.05) is 6.07 Å². The summed E-state index contributed by atoms with van der Waals surface area (Å²) >= 11 is 0. The minimum atomic E-state index is -0.477. The molecule has 9 nitrogen and oxygen atoms in total. The molecule has 1 spiro atoms. The Labute approximate surface area is 176 Å². The summed E-state index contributed by atoms with van der Waals surface area (Å²) in [4.78, 5) is 27.8. The fraction of sp³-hybridized carbons (Fsp3) is 0.524. The quantitative estimate of drug-likeness (QED) is 0.739. The van der Waals surface area contributed by atoms with Crippen LogP contribution in [0.4, 0.5) is 4.79 Å². The van der Waals surface area contributed by atoms with Crippen LogP contribution >= 0.6 is 0 Å². The van der Waals surface area contributed by atoms with Gasteiger partial charge in [0.05, 0.1) is 18.3 Å². The lowest BCUT2D eigenvalue weighted by Gasteiger charge is -2.48. The molecule has 0 bridgehead atoms. The first kappa shape index (κ1) is 20.3. The number of primary amides is 1. The fourth-order valence-electron chi connectivity index (χ4n) is 4.92. The molecule has 2 heterocycles. The molecule has 1 aromatic heterocycles. The first-order chi connectivity index (χ1) is 14.3. The molecule has 1 aliphatic carbocycles. The molecule has 3 amide bonds. The lowest BCUT2D eigenvalue weighted by atomic mass is 9.69. The van der Waals surface area contributed by atoms with Crippen molar-refractivity contribution in [1.29, 1.82) is 0 Å². The standard InChI is InChI=1S/C21H29N7O2/c1-26(2)21(16-6-4-3-5-7-16)10-8-20(9-11-21)15-27(19(30)23-20)12-17-13-28(25-24-17)14-18(22)29/h3-7,13H,8-12,14-15H2,1-2H3,(H2,22,29)(H,23,30)/t20-,21-. The normalized spacial score (nSPS) is 26.4. The smallest absolute Gasteiger partial charge is 0.318 e. The molecule has 2 aliphatic rings. The maximum atomic E-state index is 12.7. The van der Waals surface area contributed by atoms with Gasteiger partial charge < -0.3 is 16.0 Å². The number of hydrogen-bond donors (Lipinski definition) is 2. The Bertz CT molecular complexity index is 916. The van der Waals surface area contributed by atoms with Crippen molar-refractivity contribution < 1.29 is 9.59 Å². The second-order valence-corrected chi connectivity index (χ2v) is 8.73. The van der Waals surface area contributed by atoms with Crippen LogP contribution in [0.3, 0.4) is 0 Å². The highest BCUT2D eigenvalue weighted by Gasteiger charge is 2.50. The van der Waals surface area contributed by atoms with E-state index in [1.54, 1.807) is 11.1 Å². The van der Waals surface area contributed by atoms with Crippen molar-refractivity contribution in [3.05, 3.63) is 47.8 Å². The molecule has 1 saturated carbocycles. The summed E-state index contributed by atoms with van der Waals surface area (Å²) in [5, 5.41) is 11.2. The van der Waals surface area contributed by atoms with Crippen LogP contribution in [0, 0.1) is 0 Å². The van der Waals surface area contributed by atoms with Gasteiger partial charge in [-0.2, -0.15) is 0 Å². The van der Waals surface area contributed by atoms with Crippen molar-refractivity contribution in [2.75, 3.05) is 20.6 Å². The number of carbonyl (C=O) groups excluding carboxylic acids is 2. The summed E-state index contributed by atoms with van der Waals surface area (Å²) in [6, 6.07) is 10.6. The molecule has 1 saturated heterocycles. The molecule has 2 aromatic rings. The molecule has 3 N–H and O–H groups in total. The molecule has 4 rings (SSSR count). The zero-order valence-electron chi connectivity index (χ0n) is 17.5. The number of carbonyl (C=O) groups is 2. The fourth-order valence-corrected chi connectivity index (χ4v) is 4.92. The molecule has 1 aromatic carbocycles. The Morgan fingerprint density at radius 1 is 1.20 bits per heavy atom. The molecular weight excluding hydrogens is 382 g/mol. The highest BCUT2D eigenvalue weighted by atomic mass is 16.2. The van der Waals surface area contributed by atoms with Crippen molar-refractivity contribution in [2.24, 2.45) is 5.73 Å². The zero-order valence-corrected chi connectivity index (χ0v) is 17.5. The largest absolute Gasteiger partial charge is 0.368 e. The van der Waals surface area contributed by atoms with Gasteiger partial charge in [-0.1, -0.05) is 35.5 Å². The van der Waals surface area contributed by atoms with Gasteiger partial charge in [0.1, 0.15) is 12.2 Å². The van der Waals surface area contributed by atoms with Crippen LogP contribution in [-0.4, -0.2) is 62.9 Å². The maximum absolute atomic E-state index is 12.7. The minimum Gasteiger partial charge on any atom is -0.368 e. The van der Waals surface area contributed by atoms with Crippen LogP contribution in [-0.2, 0) is 23.4 Å². The summed E-state index contributed by atoms with van der Waals surface area (Å²) in [5.74, 6) is -0.477. The van der Waals surface area contributed by atoms with Gasteiger partial charge in [-0.05, 0) is 45.3 Å². The second-order valence-electron chi connectivity index (χ2n) is 8.73. The predicted octanol–water partition coefficient (Wildman–Crippen LogP) is 1.06. The lowest BCUT2D eigenvalue weighted by molar-refractivity contribution is -0.118. The van der Waals surface area contributed by atoms with E-state index >= 15 is 0 Å². The number of hydrogen-bond acceptors (Lipinski definition) is 5. The third-order valence-electron chi connectivity index (χ3n) is 6.61. The predicted molar refractivity (Wildman–Crippen MR) is 111 cm³/mol. The summed E-state index contributed by atoms with van der Waals surface area (Å²) in [7, 11) is 4.28. The molecule has 160 valence electrons. The van der Waals surface area contributed by atoms with Crippen molar-refractivity contribution in [3.63, 3.8) is 0 Å². The van der Waals surface area contributed by atoms with Gasteiger partial charge in [-0.15, -0.1) is 5.10 Å². The highest BCUT2D eigenvalue weighted by Crippen LogP contribution is 2.45. The molecule has 2 fully saturated rings. The van der Waals surface area contributed by atoms with Gasteiger partial charge in [0, 0.05) is 12.1 Å². The Hall–Kier alpha value is -2.94. The third-order valence-corrected chi connectivity index (χ3v) is 6.61. The number of nitrogens with zero attached hydrogens (tertiary/aromatic N) is 5. The van der Waals surface area contributed by atoms with Crippen molar-refractivity contribution in [1.82, 2.24) is 30.1 Å². The number of benzene rings is 1. The van der Waals surface area contributed by atoms with Crippen LogP contribution in [0.1, 0.15) is 36.9 Å². The van der Waals surface area contributed by atoms with Crippen LogP contribution in [0.2, 0.25) is 0 Å². The summed E-state index contributed by atoms with van der Waals surface area (Å²) in [6.07, 6.45) is 5.45. The van der Waals surface area contributed by atoms with E-state index in [4.69, 9.17) is 5.73 Å². The van der Waals surface area contributed by atoms with E-state index in [-0.39, 0.29) is 23.7 Å². The van der Waals surface area contributed by atoms with Crippen molar-refractivity contribution in [2.45, 2.75) is 49.9 Å². The maximum Gasteiger partial charge on any atom is 0.318 e. The Morgan fingerprint density at radius 3 is 2.53 bits per heavy atom. The molecule has 30 heavy (non-hydrogen) atoms. The van der Waals surface area contributed by atoms with Gasteiger partial charge in [-0.25, -0.2) is 9.48 Å². The highest BCUT2D eigenvalue weighted by molar-refractivity contribution is 5.78. The molecule has 9 heteroatoms. The number of nitrogens with one attached hydrogen (secondary N) is 1. The van der Waals surface area contributed by atoms with E-state index in [0.717, 1.165) is 25.7 Å². The summed E-state index contributed by atoms with van der Waals surface area (Å²) < 4.78 is 1.40. The number of urea groups is 1. The molecule has 0 radical (unpaired) electrons. The van der Waals surface area contributed by atoms with Crippen molar-refractivity contribution >= 4 is 11.9 Å². The number of rotatable bonds is 6. The Kier molecular flexibility index (Phi) is 5.23. The zero-order chi connectivity index (χ0) is 21.4. The second kappa shape index (κ2) is 7.71. The van der Waals surface area contributed by atoms with Crippen LogP contribution in [0.5, 0.6) is 0 Å². The molecule has 0 unspecified atom stereocenters. The van der Waals surface area contributed by atoms with E-state index in [0.29, 0.717) is 18.8 Å². The SMILES string of the molecule is CN(C)[C@]1(c2ccccc2)CC[C@@]2(CC1)CN(Cc1cn(CC(N)=O)nn1)C(=O)N2. The van der Waals surface area contributed by atoms with Gasteiger partial charge in [0.25, 0.3) is 0 Å². The summed E-state index contributed by atoms with van der Waals surface area (Å²) in [6.45, 7) is 0.992. The Morgan fingerprint density at radius 2 is 1.90 bits per heavy atom. The third kappa shape index (κ3) is 3.77. The van der Waals surface area contributed by atoms with Gasteiger partial charge >= 0.3 is 6.03 Å². The van der Waals surface area contributed by atoms with Crippen LogP contribution < -0.4 is 11.1 Å². The van der Waals surface area contributed by atoms with Gasteiger partial charge in [0.15, 0.2) is 0 Å². The average Bonchev–Trinajstić information content (AvgIpc) is 3.27. The minimum absolute atomic E-state index is 0.0118. The number of aromatic nitrogens is 3. The lowest BCUT2D eigenvalue weighted by Crippen LogP contribution is -2.54. The first-order valence-corrected chi connectivity index (χ1v) is 10.3. The molecular formula is C21H29N7O2. The van der Waals surface area contributed by atoms with Crippen LogP contribution in [0.25, 0.3) is 0 Å². The van der Waals surface area contributed by atoms with E-state index in [1.165, 1.54) is 10.2 Å². The van der Waals surface area contributed by atoms with Gasteiger partial charge in [0.2, 0.25) is 5.91 Å². The van der Waals surface area contributed by atoms with Crippen LogP contribution in [0.15, 0.2) is 36.5 Å². The summed E-state index contributed by atoms with van der Waals surface area (Å²) in [5.41, 5.74) is 6.94. The first-order valence-electron chi connectivity index (χ1n) is 10.3. The number of amides is 3. The monoisotopic (exact) mass is 411 g/mol. The average molecular weight is 412 g/mol.